The summed E-state index contributed by atoms with van der Waals surface area (Å²) in [7, 11) is 0. The van der Waals surface area contributed by atoms with Gasteiger partial charge in [-0.1, -0.05) is 43.9 Å². The normalized spacial score (nSPS) is 13.9. The predicted molar refractivity (Wildman–Crippen MR) is 160 cm³/mol. The molecule has 1 fully saturated rings. The lowest BCUT2D eigenvalue weighted by molar-refractivity contribution is -0.158. The minimum absolute atomic E-state index is 0.00152. The number of carbonyl (C=O) groups excluding carboxylic acids is 2. The molecule has 0 N–H and O–H groups in total. The molecule has 2 aromatic rings. The largest absolute Gasteiger partial charge is 0.476 e. The molecule has 0 unspecified atom stereocenters. The van der Waals surface area contributed by atoms with Crippen LogP contribution in [-0.2, 0) is 38.6 Å². The van der Waals surface area contributed by atoms with Crippen molar-refractivity contribution in [3.8, 4) is 5.75 Å². The van der Waals surface area contributed by atoms with E-state index in [0.29, 0.717) is 24.6 Å². The number of aryl methyl sites for hydroxylation is 2. The van der Waals surface area contributed by atoms with Gasteiger partial charge in [0.1, 0.15) is 11.4 Å². The second-order valence-corrected chi connectivity index (χ2v) is 11.1. The van der Waals surface area contributed by atoms with E-state index in [1.807, 2.05) is 24.3 Å². The second kappa shape index (κ2) is 16.1. The molecule has 1 aromatic carbocycles. The summed E-state index contributed by atoms with van der Waals surface area (Å²) in [6.45, 7) is 7.86. The Hall–Kier alpha value is -3.69. The SMILES string of the molecule is CCOC(=O)C=CCn1c(=O)c(C2CCCC2)nn(CCCCCCc2cccc(OC(C)(C)C(=O)OCC)c2)c1=O. The van der Waals surface area contributed by atoms with Crippen LogP contribution in [0.2, 0.25) is 0 Å². The van der Waals surface area contributed by atoms with Crippen molar-refractivity contribution in [1.29, 1.82) is 0 Å². The number of nitrogens with zero attached hydrogens (tertiary/aromatic N) is 3. The van der Waals surface area contributed by atoms with Gasteiger partial charge in [0.15, 0.2) is 5.60 Å². The van der Waals surface area contributed by atoms with Gasteiger partial charge in [-0.25, -0.2) is 19.1 Å². The summed E-state index contributed by atoms with van der Waals surface area (Å²) in [6, 6.07) is 7.75. The number of rotatable bonds is 16. The third kappa shape index (κ3) is 9.42. The fraction of sp³-hybridized carbons (Fsp3) is 0.594. The van der Waals surface area contributed by atoms with Crippen molar-refractivity contribution in [1.82, 2.24) is 14.3 Å². The Bertz CT molecular complexity index is 1340. The van der Waals surface area contributed by atoms with E-state index in [1.165, 1.54) is 21.4 Å². The Morgan fingerprint density at radius 2 is 1.74 bits per heavy atom. The molecule has 1 saturated carbocycles. The molecule has 42 heavy (non-hydrogen) atoms. The van der Waals surface area contributed by atoms with Crippen molar-refractivity contribution >= 4 is 11.9 Å². The maximum atomic E-state index is 13.1. The highest BCUT2D eigenvalue weighted by atomic mass is 16.6. The van der Waals surface area contributed by atoms with E-state index >= 15 is 0 Å². The summed E-state index contributed by atoms with van der Waals surface area (Å²) in [5, 5.41) is 4.52. The molecular weight excluding hydrogens is 538 g/mol. The molecule has 1 aromatic heterocycles. The molecule has 0 saturated heterocycles. The van der Waals surface area contributed by atoms with Gasteiger partial charge in [-0.3, -0.25) is 9.36 Å². The van der Waals surface area contributed by atoms with Crippen LogP contribution in [0, 0.1) is 0 Å². The number of benzene rings is 1. The maximum absolute atomic E-state index is 13.1. The van der Waals surface area contributed by atoms with Crippen molar-refractivity contribution in [2.75, 3.05) is 13.2 Å². The third-order valence-electron chi connectivity index (χ3n) is 7.34. The van der Waals surface area contributed by atoms with Crippen molar-refractivity contribution in [3.05, 3.63) is 68.5 Å². The van der Waals surface area contributed by atoms with Crippen LogP contribution in [0.3, 0.4) is 0 Å². The van der Waals surface area contributed by atoms with Crippen molar-refractivity contribution in [3.63, 3.8) is 0 Å². The molecule has 0 spiro atoms. The van der Waals surface area contributed by atoms with Crippen molar-refractivity contribution in [2.24, 2.45) is 0 Å². The van der Waals surface area contributed by atoms with E-state index in [2.05, 4.69) is 5.10 Å². The van der Waals surface area contributed by atoms with E-state index in [4.69, 9.17) is 14.2 Å². The minimum Gasteiger partial charge on any atom is -0.476 e. The Morgan fingerprint density at radius 3 is 2.45 bits per heavy atom. The molecule has 230 valence electrons. The summed E-state index contributed by atoms with van der Waals surface area (Å²) in [4.78, 5) is 50.1. The Kier molecular flexibility index (Phi) is 12.6. The highest BCUT2D eigenvalue weighted by Gasteiger charge is 2.31. The van der Waals surface area contributed by atoms with Crippen LogP contribution in [0.5, 0.6) is 5.75 Å². The molecular formula is C32H45N3O7. The molecule has 1 heterocycles. The van der Waals surface area contributed by atoms with Gasteiger partial charge >= 0.3 is 17.6 Å². The van der Waals surface area contributed by atoms with E-state index in [1.54, 1.807) is 27.7 Å². The number of unbranched alkanes of at least 4 members (excludes halogenated alkanes) is 3. The summed E-state index contributed by atoms with van der Waals surface area (Å²) >= 11 is 0. The first-order chi connectivity index (χ1) is 20.2. The Labute approximate surface area is 247 Å². The smallest absolute Gasteiger partial charge is 0.349 e. The zero-order valence-electron chi connectivity index (χ0n) is 25.4. The summed E-state index contributed by atoms with van der Waals surface area (Å²) in [6.07, 6.45) is 11.1. The van der Waals surface area contributed by atoms with Crippen LogP contribution in [-0.4, -0.2) is 45.1 Å². The lowest BCUT2D eigenvalue weighted by Gasteiger charge is -2.24. The second-order valence-electron chi connectivity index (χ2n) is 11.1. The number of ether oxygens (including phenoxy) is 3. The highest BCUT2D eigenvalue weighted by molar-refractivity contribution is 5.81. The highest BCUT2D eigenvalue weighted by Crippen LogP contribution is 2.31. The standard InChI is InChI=1S/C32H45N3O7/c1-5-40-27(36)20-14-21-34-29(37)28(25-17-10-11-18-25)33-35(31(34)39)22-12-8-7-9-15-24-16-13-19-26(23-24)42-32(3,4)30(38)41-6-2/h13-14,16,19-20,23,25H,5-12,15,17-18,21-22H2,1-4H3. The third-order valence-corrected chi connectivity index (χ3v) is 7.34. The lowest BCUT2D eigenvalue weighted by atomic mass is 10.0. The van der Waals surface area contributed by atoms with Crippen LogP contribution in [0.4, 0.5) is 0 Å². The summed E-state index contributed by atoms with van der Waals surface area (Å²) in [5.74, 6) is -0.216. The van der Waals surface area contributed by atoms with E-state index < -0.39 is 23.2 Å². The minimum atomic E-state index is -1.07. The van der Waals surface area contributed by atoms with Gasteiger partial charge in [0.2, 0.25) is 0 Å². The molecule has 0 radical (unpaired) electrons. The van der Waals surface area contributed by atoms with Crippen LogP contribution in [0.15, 0.2) is 46.0 Å². The molecule has 0 amide bonds. The van der Waals surface area contributed by atoms with Crippen LogP contribution in [0.25, 0.3) is 0 Å². The number of esters is 2. The molecule has 1 aliphatic carbocycles. The van der Waals surface area contributed by atoms with Crippen LogP contribution in [0.1, 0.15) is 96.2 Å². The Morgan fingerprint density at radius 1 is 1.02 bits per heavy atom. The van der Waals surface area contributed by atoms with Crippen molar-refractivity contribution in [2.45, 2.75) is 110 Å². The van der Waals surface area contributed by atoms with Crippen molar-refractivity contribution < 1.29 is 23.8 Å². The molecule has 1 aliphatic rings. The number of allylic oxidation sites excluding steroid dienone is 1. The topological polar surface area (TPSA) is 119 Å². The number of aromatic nitrogens is 3. The van der Waals surface area contributed by atoms with E-state index in [0.717, 1.165) is 63.4 Å². The Balaban J connectivity index is 1.57. The van der Waals surface area contributed by atoms with Gasteiger partial charge in [0.25, 0.3) is 5.56 Å². The molecule has 3 rings (SSSR count). The first-order valence-electron chi connectivity index (χ1n) is 15.2. The summed E-state index contributed by atoms with van der Waals surface area (Å²) in [5.41, 5.74) is -0.330. The molecule has 0 bridgehead atoms. The average molecular weight is 584 g/mol. The van der Waals surface area contributed by atoms with E-state index in [-0.39, 0.29) is 24.6 Å². The van der Waals surface area contributed by atoms with Gasteiger partial charge in [-0.2, -0.15) is 5.10 Å². The monoisotopic (exact) mass is 583 g/mol. The zero-order valence-corrected chi connectivity index (χ0v) is 25.4. The molecule has 10 nitrogen and oxygen atoms in total. The van der Waals surface area contributed by atoms with Crippen LogP contribution < -0.4 is 16.0 Å². The van der Waals surface area contributed by atoms with E-state index in [9.17, 15) is 19.2 Å². The molecule has 10 heteroatoms. The zero-order chi connectivity index (χ0) is 30.5. The quantitative estimate of drug-likeness (QED) is 0.158. The summed E-state index contributed by atoms with van der Waals surface area (Å²) < 4.78 is 18.5. The van der Waals surface area contributed by atoms with Gasteiger partial charge in [-0.15, -0.1) is 0 Å². The number of carbonyl (C=O) groups is 2. The van der Waals surface area contributed by atoms with Gasteiger partial charge < -0.3 is 14.2 Å². The van der Waals surface area contributed by atoms with Crippen LogP contribution >= 0.6 is 0 Å². The average Bonchev–Trinajstić information content (AvgIpc) is 3.48. The van der Waals surface area contributed by atoms with Gasteiger partial charge in [0.05, 0.1) is 13.2 Å². The fourth-order valence-electron chi connectivity index (χ4n) is 5.14. The maximum Gasteiger partial charge on any atom is 0.349 e. The number of hydrogen-bond acceptors (Lipinski definition) is 8. The predicted octanol–water partition coefficient (Wildman–Crippen LogP) is 4.71. The fourth-order valence-corrected chi connectivity index (χ4v) is 5.14. The van der Waals surface area contributed by atoms with Gasteiger partial charge in [0, 0.05) is 25.1 Å². The first kappa shape index (κ1) is 32.8. The first-order valence-corrected chi connectivity index (χ1v) is 15.2. The lowest BCUT2D eigenvalue weighted by Crippen LogP contribution is -2.43. The number of hydrogen-bond donors (Lipinski definition) is 0. The van der Waals surface area contributed by atoms with Gasteiger partial charge in [-0.05, 0) is 77.5 Å². The molecule has 0 atom stereocenters. The molecule has 0 aliphatic heterocycles.